The van der Waals surface area contributed by atoms with Crippen molar-refractivity contribution in [3.05, 3.63) is 39.2 Å². The van der Waals surface area contributed by atoms with Crippen LogP contribution in [0.4, 0.5) is 5.69 Å². The largest absolute Gasteiger partial charge is 0.387 e. The van der Waals surface area contributed by atoms with E-state index in [1.807, 2.05) is 0 Å². The Morgan fingerprint density at radius 3 is 2.43 bits per heavy atom. The highest BCUT2D eigenvalue weighted by molar-refractivity contribution is 9.10. The molecule has 1 amide bonds. The lowest BCUT2D eigenvalue weighted by Crippen LogP contribution is -2.61. The first-order valence-corrected chi connectivity index (χ1v) is 7.43. The molecule has 1 aliphatic rings. The van der Waals surface area contributed by atoms with Gasteiger partial charge in [-0.05, 0) is 29.8 Å². The van der Waals surface area contributed by atoms with E-state index in [9.17, 15) is 20.1 Å². The Morgan fingerprint density at radius 2 is 1.87 bits per heavy atom. The van der Waals surface area contributed by atoms with Crippen molar-refractivity contribution in [3.63, 3.8) is 0 Å². The third-order valence-electron chi connectivity index (χ3n) is 3.54. The monoisotopic (exact) mass is 386 g/mol. The molecule has 0 saturated carbocycles. The zero-order chi connectivity index (χ0) is 17.1. The van der Waals surface area contributed by atoms with Gasteiger partial charge >= 0.3 is 0 Å². The molecule has 0 radical (unpaired) electrons. The number of carbonyl (C=O) groups excluding carboxylic acids is 1. The fourth-order valence-electron chi connectivity index (χ4n) is 2.19. The van der Waals surface area contributed by atoms with Crippen LogP contribution in [0, 0.1) is 0 Å². The second-order valence-electron chi connectivity index (χ2n) is 5.00. The predicted octanol–water partition coefficient (Wildman–Crippen LogP) is 0.530. The van der Waals surface area contributed by atoms with Crippen LogP contribution in [0.3, 0.4) is 0 Å². The van der Waals surface area contributed by atoms with Gasteiger partial charge in [-0.25, -0.2) is 0 Å². The summed E-state index contributed by atoms with van der Waals surface area (Å²) in [6.07, 6.45) is -7.89. The highest BCUT2D eigenvalue weighted by atomic mass is 79.9. The SMILES string of the molecule is CN(C(=O)[C@H]1O[C@H](N=[N+]=[N-])[C@H](O)[C@@H](O)[C@@H]1O)c1ccc(Br)cc1. The van der Waals surface area contributed by atoms with E-state index in [1.165, 1.54) is 11.9 Å². The lowest BCUT2D eigenvalue weighted by atomic mass is 9.97. The molecule has 0 bridgehead atoms. The minimum Gasteiger partial charge on any atom is -0.387 e. The molecule has 9 nitrogen and oxygen atoms in total. The maximum atomic E-state index is 12.5. The average Bonchev–Trinajstić information content (AvgIpc) is 2.55. The number of halogens is 1. The molecule has 5 atom stereocenters. The van der Waals surface area contributed by atoms with E-state index in [-0.39, 0.29) is 0 Å². The maximum Gasteiger partial charge on any atom is 0.258 e. The number of aliphatic hydroxyl groups excluding tert-OH is 3. The van der Waals surface area contributed by atoms with E-state index >= 15 is 0 Å². The molecule has 1 saturated heterocycles. The third-order valence-corrected chi connectivity index (χ3v) is 4.07. The molecule has 0 aliphatic carbocycles. The van der Waals surface area contributed by atoms with Gasteiger partial charge in [-0.3, -0.25) is 4.79 Å². The van der Waals surface area contributed by atoms with Crippen LogP contribution in [-0.2, 0) is 9.53 Å². The fourth-order valence-corrected chi connectivity index (χ4v) is 2.46. The number of azide groups is 1. The molecular formula is C13H15BrN4O5. The summed E-state index contributed by atoms with van der Waals surface area (Å²) in [5, 5.41) is 32.7. The van der Waals surface area contributed by atoms with Crippen LogP contribution < -0.4 is 4.90 Å². The number of carbonyl (C=O) groups is 1. The molecule has 1 aromatic rings. The van der Waals surface area contributed by atoms with Crippen LogP contribution in [-0.4, -0.2) is 58.9 Å². The van der Waals surface area contributed by atoms with Gasteiger partial charge in [0.1, 0.15) is 18.3 Å². The number of hydrogen-bond acceptors (Lipinski definition) is 6. The second-order valence-corrected chi connectivity index (χ2v) is 5.91. The summed E-state index contributed by atoms with van der Waals surface area (Å²) in [7, 11) is 1.47. The van der Waals surface area contributed by atoms with E-state index in [4.69, 9.17) is 10.3 Å². The smallest absolute Gasteiger partial charge is 0.258 e. The zero-order valence-corrected chi connectivity index (χ0v) is 13.6. The molecule has 23 heavy (non-hydrogen) atoms. The molecule has 3 N–H and O–H groups in total. The number of rotatable bonds is 3. The van der Waals surface area contributed by atoms with Gasteiger partial charge in [-0.2, -0.15) is 0 Å². The van der Waals surface area contributed by atoms with Gasteiger partial charge in [0.25, 0.3) is 5.91 Å². The lowest BCUT2D eigenvalue weighted by molar-refractivity contribution is -0.217. The number of nitrogens with zero attached hydrogens (tertiary/aromatic N) is 4. The first-order chi connectivity index (χ1) is 10.9. The molecule has 0 spiro atoms. The van der Waals surface area contributed by atoms with Crippen LogP contribution in [0.5, 0.6) is 0 Å². The van der Waals surface area contributed by atoms with Crippen LogP contribution in [0.1, 0.15) is 0 Å². The highest BCUT2D eigenvalue weighted by Crippen LogP contribution is 2.25. The van der Waals surface area contributed by atoms with Crippen molar-refractivity contribution in [2.24, 2.45) is 5.11 Å². The minimum atomic E-state index is -1.67. The Bertz CT molecular complexity index is 621. The lowest BCUT2D eigenvalue weighted by Gasteiger charge is -2.39. The molecule has 1 heterocycles. The summed E-state index contributed by atoms with van der Waals surface area (Å²) >= 11 is 3.28. The van der Waals surface area contributed by atoms with Crippen LogP contribution >= 0.6 is 15.9 Å². The minimum absolute atomic E-state index is 0.537. The summed E-state index contributed by atoms with van der Waals surface area (Å²) in [5.41, 5.74) is 8.99. The Kier molecular flexibility index (Phi) is 5.58. The molecule has 0 aromatic heterocycles. The molecule has 124 valence electrons. The molecule has 1 aliphatic heterocycles. The van der Waals surface area contributed by atoms with Crippen molar-refractivity contribution in [2.75, 3.05) is 11.9 Å². The van der Waals surface area contributed by atoms with Crippen LogP contribution in [0.15, 0.2) is 33.9 Å². The molecule has 1 aromatic carbocycles. The number of aliphatic hydroxyl groups is 3. The quantitative estimate of drug-likeness (QED) is 0.394. The van der Waals surface area contributed by atoms with Gasteiger partial charge in [0.15, 0.2) is 12.3 Å². The Morgan fingerprint density at radius 1 is 1.26 bits per heavy atom. The topological polar surface area (TPSA) is 139 Å². The maximum absolute atomic E-state index is 12.5. The highest BCUT2D eigenvalue weighted by Gasteiger charge is 2.47. The normalized spacial score (nSPS) is 30.4. The standard InChI is InChI=1S/C13H15BrN4O5/c1-18(7-4-2-6(14)3-5-7)13(22)11-9(20)8(19)10(21)12(23-11)16-17-15/h2-5,8-12,19-21H,1H3/t8-,9-,10+,11-,12-/m0/s1. The summed E-state index contributed by atoms with van der Waals surface area (Å²) in [6.45, 7) is 0. The first-order valence-electron chi connectivity index (χ1n) is 6.64. The van der Waals surface area contributed by atoms with Crippen LogP contribution in [0.25, 0.3) is 10.4 Å². The van der Waals surface area contributed by atoms with Crippen molar-refractivity contribution >= 4 is 27.5 Å². The van der Waals surface area contributed by atoms with Crippen LogP contribution in [0.2, 0.25) is 0 Å². The van der Waals surface area contributed by atoms with E-state index in [1.54, 1.807) is 24.3 Å². The van der Waals surface area contributed by atoms with Crippen molar-refractivity contribution < 1.29 is 24.9 Å². The van der Waals surface area contributed by atoms with Crippen molar-refractivity contribution in [1.29, 1.82) is 0 Å². The Labute approximate surface area is 139 Å². The van der Waals surface area contributed by atoms with E-state index < -0.39 is 36.6 Å². The predicted molar refractivity (Wildman–Crippen MR) is 83.4 cm³/mol. The molecular weight excluding hydrogens is 372 g/mol. The summed E-state index contributed by atoms with van der Waals surface area (Å²) in [6, 6.07) is 6.82. The van der Waals surface area contributed by atoms with Gasteiger partial charge in [0, 0.05) is 22.1 Å². The van der Waals surface area contributed by atoms with Gasteiger partial charge in [-0.15, -0.1) is 0 Å². The van der Waals surface area contributed by atoms with Gasteiger partial charge in [0.05, 0.1) is 0 Å². The van der Waals surface area contributed by atoms with Gasteiger partial charge in [-0.1, -0.05) is 21.0 Å². The molecule has 2 rings (SSSR count). The second kappa shape index (κ2) is 7.26. The van der Waals surface area contributed by atoms with E-state index in [2.05, 4.69) is 26.0 Å². The molecule has 0 unspecified atom stereocenters. The summed E-state index contributed by atoms with van der Waals surface area (Å²) in [4.78, 5) is 16.2. The number of likely N-dealkylation sites (N-methyl/N-ethyl adjacent to an activating group) is 1. The number of anilines is 1. The number of hydrogen-bond donors (Lipinski definition) is 3. The number of amides is 1. The van der Waals surface area contributed by atoms with Crippen molar-refractivity contribution in [3.8, 4) is 0 Å². The number of ether oxygens (including phenoxy) is 1. The number of benzene rings is 1. The Balaban J connectivity index is 2.22. The van der Waals surface area contributed by atoms with E-state index in [0.717, 1.165) is 4.47 Å². The fraction of sp³-hybridized carbons (Fsp3) is 0.462. The third kappa shape index (κ3) is 3.63. The average molecular weight is 387 g/mol. The molecule has 10 heteroatoms. The van der Waals surface area contributed by atoms with Crippen molar-refractivity contribution in [1.82, 2.24) is 0 Å². The van der Waals surface area contributed by atoms with Gasteiger partial charge in [0.2, 0.25) is 0 Å². The first kappa shape index (κ1) is 17.7. The zero-order valence-electron chi connectivity index (χ0n) is 12.0. The summed E-state index contributed by atoms with van der Waals surface area (Å²) in [5.74, 6) is -0.649. The van der Waals surface area contributed by atoms with E-state index in [0.29, 0.717) is 5.69 Å². The van der Waals surface area contributed by atoms with Crippen molar-refractivity contribution in [2.45, 2.75) is 30.6 Å². The Hall–Kier alpha value is -1.68. The van der Waals surface area contributed by atoms with Gasteiger partial charge < -0.3 is 25.0 Å². The molecule has 1 fully saturated rings. The summed E-state index contributed by atoms with van der Waals surface area (Å²) < 4.78 is 6.00.